The number of thioether (sulfide) groups is 1. The SMILES string of the molecule is CC[C@H](C)[C@H](NC(=O)[C@H](Cc1ccccc1)NC(=O)[C@H](CCSC)NC(=O)[C@H](Cc1c[nH]c2ccccc12)NC(=O)[C@H](CCCCN)NC(=O)[C@@H](C)CCCN=C(N)N)C(N)=O. The normalized spacial score (nSPS) is 14.5. The predicted octanol–water partition coefficient (Wildman–Crippen LogP) is 1.48. The van der Waals surface area contributed by atoms with Gasteiger partial charge < -0.3 is 54.5 Å². The molecule has 0 aliphatic carbocycles. The first-order chi connectivity index (χ1) is 29.7. The van der Waals surface area contributed by atoms with Crippen LogP contribution in [0.1, 0.15) is 76.8 Å². The van der Waals surface area contributed by atoms with E-state index in [-0.39, 0.29) is 43.5 Å². The molecular weight excluding hydrogens is 811 g/mol. The Morgan fingerprint density at radius 3 is 1.90 bits per heavy atom. The molecule has 0 fully saturated rings. The van der Waals surface area contributed by atoms with Gasteiger partial charge in [0, 0.05) is 42.4 Å². The quantitative estimate of drug-likeness (QED) is 0.0285. The van der Waals surface area contributed by atoms with E-state index in [1.165, 1.54) is 11.8 Å². The molecule has 6 amide bonds. The Labute approximate surface area is 368 Å². The molecule has 340 valence electrons. The first kappa shape index (κ1) is 50.7. The van der Waals surface area contributed by atoms with Crippen molar-refractivity contribution in [2.75, 3.05) is 25.1 Å². The largest absolute Gasteiger partial charge is 0.370 e. The maximum absolute atomic E-state index is 14.5. The van der Waals surface area contributed by atoms with E-state index < -0.39 is 65.7 Å². The van der Waals surface area contributed by atoms with Crippen molar-refractivity contribution in [2.45, 2.75) is 109 Å². The van der Waals surface area contributed by atoms with Gasteiger partial charge >= 0.3 is 0 Å². The lowest BCUT2D eigenvalue weighted by molar-refractivity contribution is -0.135. The third kappa shape index (κ3) is 16.7. The average Bonchev–Trinajstić information content (AvgIpc) is 3.66. The monoisotopic (exact) mass is 877 g/mol. The van der Waals surface area contributed by atoms with Crippen molar-refractivity contribution < 1.29 is 28.8 Å². The number of hydrogen-bond donors (Lipinski definition) is 10. The van der Waals surface area contributed by atoms with Gasteiger partial charge in [-0.1, -0.05) is 75.7 Å². The van der Waals surface area contributed by atoms with E-state index in [2.05, 4.69) is 36.6 Å². The number of aliphatic imine (C=N–C) groups is 1. The van der Waals surface area contributed by atoms with Gasteiger partial charge in [-0.15, -0.1) is 0 Å². The van der Waals surface area contributed by atoms with E-state index in [0.717, 1.165) is 22.0 Å². The average molecular weight is 878 g/mol. The van der Waals surface area contributed by atoms with Crippen molar-refractivity contribution in [3.05, 3.63) is 71.9 Å². The highest BCUT2D eigenvalue weighted by Crippen LogP contribution is 2.20. The molecule has 2 aromatic carbocycles. The summed E-state index contributed by atoms with van der Waals surface area (Å²) in [5, 5.41) is 15.1. The Balaban J connectivity index is 1.93. The smallest absolute Gasteiger partial charge is 0.243 e. The number of para-hydroxylation sites is 1. The van der Waals surface area contributed by atoms with Crippen LogP contribution in [-0.4, -0.2) is 102 Å². The molecule has 18 heteroatoms. The fraction of sp³-hybridized carbons (Fsp3) is 0.523. The third-order valence-electron chi connectivity index (χ3n) is 10.8. The lowest BCUT2D eigenvalue weighted by Gasteiger charge is -2.28. The molecular formula is C44H67N11O6S. The molecule has 0 spiro atoms. The van der Waals surface area contributed by atoms with Crippen LogP contribution >= 0.6 is 11.8 Å². The van der Waals surface area contributed by atoms with E-state index >= 15 is 0 Å². The van der Waals surface area contributed by atoms with Gasteiger partial charge in [-0.05, 0) is 80.2 Å². The lowest BCUT2D eigenvalue weighted by Crippen LogP contribution is -2.60. The highest BCUT2D eigenvalue weighted by atomic mass is 32.2. The van der Waals surface area contributed by atoms with Crippen molar-refractivity contribution in [3.8, 4) is 0 Å². The second-order valence-electron chi connectivity index (χ2n) is 15.7. The maximum Gasteiger partial charge on any atom is 0.243 e. The van der Waals surface area contributed by atoms with Crippen LogP contribution in [-0.2, 0) is 41.6 Å². The minimum atomic E-state index is -1.19. The zero-order chi connectivity index (χ0) is 45.6. The van der Waals surface area contributed by atoms with Gasteiger partial charge in [-0.3, -0.25) is 33.8 Å². The highest BCUT2D eigenvalue weighted by Gasteiger charge is 2.34. The number of guanidine groups is 1. The summed E-state index contributed by atoms with van der Waals surface area (Å²) in [6, 6.07) is 11.3. The minimum Gasteiger partial charge on any atom is -0.370 e. The Hall–Kier alpha value is -5.62. The standard InChI is InChI=1S/C44H67N11O6S/c1-5-27(2)37(38(46)56)55-43(61)35(24-29-15-7-6-8-16-29)53-41(59)34(20-23-62-4)52-42(60)36(25-30-26-50-32-18-10-9-17-31(30)32)54-40(58)33(19-11-12-21-45)51-39(57)28(3)14-13-22-49-44(47)48/h6-10,15-18,26-28,33-37,50H,5,11-14,19-25,45H2,1-4H3,(H2,46,56)(H,51,57)(H,52,60)(H,53,59)(H,54,58)(H,55,61)(H4,47,48,49)/t27-,28-,33-,34-,35-,36-,37-/m0/s1. The van der Waals surface area contributed by atoms with Gasteiger partial charge in [-0.2, -0.15) is 11.8 Å². The van der Waals surface area contributed by atoms with Crippen LogP contribution in [0, 0.1) is 11.8 Å². The molecule has 0 aliphatic heterocycles. The maximum atomic E-state index is 14.5. The summed E-state index contributed by atoms with van der Waals surface area (Å²) < 4.78 is 0. The van der Waals surface area contributed by atoms with Gasteiger partial charge in [0.25, 0.3) is 0 Å². The molecule has 1 heterocycles. The Morgan fingerprint density at radius 1 is 0.694 bits per heavy atom. The lowest BCUT2D eigenvalue weighted by atomic mass is 9.97. The van der Waals surface area contributed by atoms with E-state index in [4.69, 9.17) is 22.9 Å². The van der Waals surface area contributed by atoms with E-state index in [0.29, 0.717) is 50.9 Å². The van der Waals surface area contributed by atoms with Crippen molar-refractivity contribution in [2.24, 2.45) is 39.8 Å². The predicted molar refractivity (Wildman–Crippen MR) is 245 cm³/mol. The molecule has 0 saturated carbocycles. The number of carbonyl (C=O) groups is 6. The highest BCUT2D eigenvalue weighted by molar-refractivity contribution is 7.98. The van der Waals surface area contributed by atoms with Crippen LogP contribution in [0.15, 0.2) is 65.8 Å². The van der Waals surface area contributed by atoms with Gasteiger partial charge in [-0.25, -0.2) is 0 Å². The van der Waals surface area contributed by atoms with Crippen molar-refractivity contribution in [1.29, 1.82) is 0 Å². The molecule has 0 bridgehead atoms. The summed E-state index contributed by atoms with van der Waals surface area (Å²) >= 11 is 1.47. The first-order valence-electron chi connectivity index (χ1n) is 21.3. The molecule has 17 nitrogen and oxygen atoms in total. The summed E-state index contributed by atoms with van der Waals surface area (Å²) in [5.41, 5.74) is 24.6. The summed E-state index contributed by atoms with van der Waals surface area (Å²) in [6.45, 7) is 6.18. The summed E-state index contributed by atoms with van der Waals surface area (Å²) in [5.74, 6) is -3.75. The molecule has 0 aliphatic rings. The van der Waals surface area contributed by atoms with Crippen LogP contribution in [0.3, 0.4) is 0 Å². The van der Waals surface area contributed by atoms with E-state index in [9.17, 15) is 28.8 Å². The number of primary amides is 1. The summed E-state index contributed by atoms with van der Waals surface area (Å²) in [4.78, 5) is 89.6. The number of fused-ring (bicyclic) bond motifs is 1. The molecule has 3 aromatic rings. The van der Waals surface area contributed by atoms with Crippen LogP contribution in [0.5, 0.6) is 0 Å². The molecule has 14 N–H and O–H groups in total. The van der Waals surface area contributed by atoms with Crippen LogP contribution < -0.4 is 49.5 Å². The zero-order valence-corrected chi connectivity index (χ0v) is 37.2. The van der Waals surface area contributed by atoms with Gasteiger partial charge in [0.05, 0.1) is 0 Å². The second kappa shape index (κ2) is 26.7. The number of H-pyrrole nitrogens is 1. The van der Waals surface area contributed by atoms with E-state index in [1.807, 2.05) is 67.8 Å². The number of benzene rings is 2. The molecule has 0 saturated heterocycles. The fourth-order valence-corrected chi connectivity index (χ4v) is 7.38. The number of amides is 6. The molecule has 0 unspecified atom stereocenters. The number of rotatable bonds is 28. The molecule has 1 aromatic heterocycles. The molecule has 7 atom stereocenters. The van der Waals surface area contributed by atoms with Gasteiger partial charge in [0.15, 0.2) is 5.96 Å². The molecule has 62 heavy (non-hydrogen) atoms. The Morgan fingerprint density at radius 2 is 1.27 bits per heavy atom. The van der Waals surface area contributed by atoms with Crippen LogP contribution in [0.2, 0.25) is 0 Å². The van der Waals surface area contributed by atoms with Gasteiger partial charge in [0.2, 0.25) is 35.4 Å². The molecule has 0 radical (unpaired) electrons. The fourth-order valence-electron chi connectivity index (χ4n) is 6.91. The third-order valence-corrected chi connectivity index (χ3v) is 11.5. The topological polar surface area (TPSA) is 295 Å². The number of aromatic nitrogens is 1. The number of aromatic amines is 1. The number of unbranched alkanes of at least 4 members (excludes halogenated alkanes) is 1. The van der Waals surface area contributed by atoms with Gasteiger partial charge in [0.1, 0.15) is 30.2 Å². The number of hydrogen-bond acceptors (Lipinski definition) is 9. The second-order valence-corrected chi connectivity index (χ2v) is 16.7. The molecule has 3 rings (SSSR count). The summed E-state index contributed by atoms with van der Waals surface area (Å²) in [6.07, 6.45) is 7.01. The van der Waals surface area contributed by atoms with Crippen molar-refractivity contribution >= 4 is 64.1 Å². The number of nitrogens with two attached hydrogens (primary N) is 4. The van der Waals surface area contributed by atoms with Crippen molar-refractivity contribution in [3.63, 3.8) is 0 Å². The van der Waals surface area contributed by atoms with Crippen LogP contribution in [0.25, 0.3) is 10.9 Å². The minimum absolute atomic E-state index is 0.0342. The number of nitrogens with one attached hydrogen (secondary N) is 6. The number of carbonyl (C=O) groups excluding carboxylic acids is 6. The Kier molecular flexibility index (Phi) is 21.8. The zero-order valence-electron chi connectivity index (χ0n) is 36.4. The Bertz CT molecular complexity index is 1940. The first-order valence-corrected chi connectivity index (χ1v) is 22.7. The van der Waals surface area contributed by atoms with Crippen LogP contribution in [0.4, 0.5) is 0 Å². The van der Waals surface area contributed by atoms with E-state index in [1.54, 1.807) is 20.0 Å². The van der Waals surface area contributed by atoms with Crippen molar-refractivity contribution in [1.82, 2.24) is 31.6 Å². The summed E-state index contributed by atoms with van der Waals surface area (Å²) in [7, 11) is 0. The number of nitrogens with zero attached hydrogens (tertiary/aromatic N) is 1.